The molecule has 0 bridgehead atoms. The number of amides is 1. The van der Waals surface area contributed by atoms with Crippen molar-refractivity contribution in [3.05, 3.63) is 107 Å². The van der Waals surface area contributed by atoms with Gasteiger partial charge in [-0.05, 0) is 110 Å². The van der Waals surface area contributed by atoms with E-state index in [4.69, 9.17) is 33.3 Å². The average molecular weight is 804 g/mol. The van der Waals surface area contributed by atoms with Crippen LogP contribution in [0.1, 0.15) is 85.8 Å². The quantitative estimate of drug-likeness (QED) is 0.0385. The fourth-order valence-corrected chi connectivity index (χ4v) is 6.51. The fourth-order valence-electron chi connectivity index (χ4n) is 6.51. The van der Waals surface area contributed by atoms with Crippen molar-refractivity contribution >= 4 is 17.8 Å². The highest BCUT2D eigenvalue weighted by Gasteiger charge is 2.24. The summed E-state index contributed by atoms with van der Waals surface area (Å²) >= 11 is 0. The summed E-state index contributed by atoms with van der Waals surface area (Å²) in [6, 6.07) is 25.0. The summed E-state index contributed by atoms with van der Waals surface area (Å²) in [5.41, 5.74) is 4.14. The van der Waals surface area contributed by atoms with E-state index in [-0.39, 0.29) is 43.7 Å². The highest BCUT2D eigenvalue weighted by Crippen LogP contribution is 2.37. The Morgan fingerprint density at radius 2 is 1.45 bits per heavy atom. The molecule has 11 nitrogen and oxygen atoms in total. The number of benzene rings is 4. The van der Waals surface area contributed by atoms with Crippen molar-refractivity contribution in [2.45, 2.75) is 84.8 Å². The summed E-state index contributed by atoms with van der Waals surface area (Å²) in [7, 11) is 0. The predicted octanol–water partition coefficient (Wildman–Crippen LogP) is 9.28. The van der Waals surface area contributed by atoms with Crippen molar-refractivity contribution < 1.29 is 56.4 Å². The summed E-state index contributed by atoms with van der Waals surface area (Å²) in [5, 5.41) is 0.666. The second-order valence-electron chi connectivity index (χ2n) is 13.5. The Labute approximate surface area is 338 Å². The summed E-state index contributed by atoms with van der Waals surface area (Å²) in [6.45, 7) is 1.62. The van der Waals surface area contributed by atoms with Crippen LogP contribution in [0.5, 0.6) is 23.0 Å². The van der Waals surface area contributed by atoms with Crippen LogP contribution in [0, 0.1) is 0 Å². The van der Waals surface area contributed by atoms with E-state index in [0.29, 0.717) is 78.5 Å². The predicted molar refractivity (Wildman–Crippen MR) is 212 cm³/mol. The zero-order chi connectivity index (χ0) is 41.1. The summed E-state index contributed by atoms with van der Waals surface area (Å²) < 4.78 is 60.5. The van der Waals surface area contributed by atoms with Gasteiger partial charge in [0.05, 0.1) is 33.0 Å². The molecule has 1 heterocycles. The highest BCUT2D eigenvalue weighted by molar-refractivity contribution is 5.95. The largest absolute Gasteiger partial charge is 0.494 e. The second kappa shape index (κ2) is 22.9. The van der Waals surface area contributed by atoms with Gasteiger partial charge in [0.2, 0.25) is 6.79 Å². The van der Waals surface area contributed by atoms with Gasteiger partial charge in [0.15, 0.2) is 11.5 Å². The van der Waals surface area contributed by atoms with Crippen molar-refractivity contribution in [1.82, 2.24) is 5.06 Å². The summed E-state index contributed by atoms with van der Waals surface area (Å²) in [5.74, 6) is 0.984. The molecule has 13 heteroatoms. The van der Waals surface area contributed by atoms with Gasteiger partial charge in [-0.1, -0.05) is 61.4 Å². The molecule has 0 saturated carbocycles. The van der Waals surface area contributed by atoms with Crippen molar-refractivity contribution in [3.8, 4) is 34.1 Å². The lowest BCUT2D eigenvalue weighted by Gasteiger charge is -2.22. The number of aryl methyl sites for hydroxylation is 1. The molecule has 0 fully saturated rings. The number of alkyl halides is 2. The molecule has 1 aliphatic rings. The van der Waals surface area contributed by atoms with E-state index < -0.39 is 12.5 Å². The fraction of sp³-hybridized carbons (Fsp3) is 0.400. The Balaban J connectivity index is 1.21. The van der Waals surface area contributed by atoms with Crippen LogP contribution in [0.25, 0.3) is 11.1 Å². The molecular formula is C45H51F2NO10. The number of nitrogens with zero attached hydrogens (tertiary/aromatic N) is 1. The molecule has 0 saturated heterocycles. The van der Waals surface area contributed by atoms with Gasteiger partial charge in [-0.15, -0.1) is 0 Å². The van der Waals surface area contributed by atoms with Crippen molar-refractivity contribution in [2.75, 3.05) is 33.2 Å². The zero-order valence-corrected chi connectivity index (χ0v) is 33.1. The van der Waals surface area contributed by atoms with Gasteiger partial charge in [-0.25, -0.2) is 9.90 Å². The minimum absolute atomic E-state index is 0.0996. The van der Waals surface area contributed by atoms with Gasteiger partial charge in [-0.3, -0.25) is 14.4 Å². The van der Waals surface area contributed by atoms with E-state index >= 15 is 0 Å². The standard InChI is InChI=1S/C45H51F2NO10/c1-3-52-42(49)19-13-25-55-39-18-12-17-33(38(39)21-23-43(50)53-4-2)16-10-5-6-11-24-54-37-27-35(34-20-22-40-41(29-34)57-31-56-40)26-36(28-37)44(51)48(58-45(46)47)30-32-14-8-7-9-15-32/h7-9,12,14-15,17-18,20,22,26-29,45H,3-6,10-11,13,16,19,21,23-25,30-31H2,1-2H3. The van der Waals surface area contributed by atoms with E-state index in [1.807, 2.05) is 18.2 Å². The second-order valence-corrected chi connectivity index (χ2v) is 13.5. The first-order chi connectivity index (χ1) is 28.2. The molecule has 1 amide bonds. The average Bonchev–Trinajstić information content (AvgIpc) is 3.70. The van der Waals surface area contributed by atoms with Crippen LogP contribution in [-0.4, -0.2) is 62.7 Å². The zero-order valence-electron chi connectivity index (χ0n) is 33.1. The summed E-state index contributed by atoms with van der Waals surface area (Å²) in [4.78, 5) is 42.4. The van der Waals surface area contributed by atoms with Crippen LogP contribution in [0.3, 0.4) is 0 Å². The van der Waals surface area contributed by atoms with E-state index in [9.17, 15) is 23.2 Å². The first-order valence-electron chi connectivity index (χ1n) is 19.8. The number of fused-ring (bicyclic) bond motifs is 1. The molecule has 1 aliphatic heterocycles. The van der Waals surface area contributed by atoms with Crippen LogP contribution < -0.4 is 18.9 Å². The number of hydroxylamine groups is 2. The Morgan fingerprint density at radius 3 is 2.22 bits per heavy atom. The Morgan fingerprint density at radius 1 is 0.707 bits per heavy atom. The molecule has 0 aliphatic carbocycles. The van der Waals surface area contributed by atoms with Gasteiger partial charge in [0, 0.05) is 18.4 Å². The van der Waals surface area contributed by atoms with Gasteiger partial charge in [0.1, 0.15) is 11.5 Å². The molecular weight excluding hydrogens is 752 g/mol. The van der Waals surface area contributed by atoms with Gasteiger partial charge in [0.25, 0.3) is 5.91 Å². The molecule has 0 radical (unpaired) electrons. The van der Waals surface area contributed by atoms with E-state index in [2.05, 4.69) is 6.07 Å². The van der Waals surface area contributed by atoms with E-state index in [1.165, 1.54) is 6.07 Å². The first-order valence-corrected chi connectivity index (χ1v) is 19.8. The molecule has 58 heavy (non-hydrogen) atoms. The van der Waals surface area contributed by atoms with Crippen LogP contribution >= 0.6 is 0 Å². The third kappa shape index (κ3) is 13.5. The van der Waals surface area contributed by atoms with E-state index in [0.717, 1.165) is 48.8 Å². The Hall–Kier alpha value is -5.69. The third-order valence-electron chi connectivity index (χ3n) is 9.27. The molecule has 310 valence electrons. The number of halogens is 2. The van der Waals surface area contributed by atoms with Crippen LogP contribution in [0.4, 0.5) is 8.78 Å². The lowest BCUT2D eigenvalue weighted by atomic mass is 9.96. The van der Waals surface area contributed by atoms with Gasteiger partial charge < -0.3 is 28.4 Å². The summed E-state index contributed by atoms with van der Waals surface area (Å²) in [6.07, 6.45) is 5.66. The highest BCUT2D eigenvalue weighted by atomic mass is 19.3. The lowest BCUT2D eigenvalue weighted by Crippen LogP contribution is -2.32. The number of rotatable bonds is 24. The minimum Gasteiger partial charge on any atom is -0.494 e. The Kier molecular flexibility index (Phi) is 17.1. The van der Waals surface area contributed by atoms with Crippen molar-refractivity contribution in [3.63, 3.8) is 0 Å². The van der Waals surface area contributed by atoms with Gasteiger partial charge >= 0.3 is 18.6 Å². The molecule has 5 rings (SSSR count). The Bertz CT molecular complexity index is 1940. The number of hydrogen-bond acceptors (Lipinski definition) is 10. The molecule has 0 spiro atoms. The van der Waals surface area contributed by atoms with Crippen molar-refractivity contribution in [2.24, 2.45) is 0 Å². The van der Waals surface area contributed by atoms with Crippen LogP contribution in [-0.2, 0) is 43.3 Å². The maximum absolute atomic E-state index is 13.8. The monoisotopic (exact) mass is 803 g/mol. The van der Waals surface area contributed by atoms with Crippen LogP contribution in [0.15, 0.2) is 84.9 Å². The molecule has 4 aromatic rings. The molecule has 0 atom stereocenters. The van der Waals surface area contributed by atoms with E-state index in [1.54, 1.807) is 68.4 Å². The van der Waals surface area contributed by atoms with Crippen LogP contribution in [0.2, 0.25) is 0 Å². The number of esters is 2. The maximum atomic E-state index is 13.8. The molecule has 0 aromatic heterocycles. The topological polar surface area (TPSA) is 119 Å². The number of hydrogen-bond donors (Lipinski definition) is 0. The molecule has 0 unspecified atom stereocenters. The SMILES string of the molecule is CCOC(=O)CCCOc1cccc(CCCCCCOc2cc(C(=O)N(Cc3ccccc3)OC(F)F)cc(-c3ccc4c(c3)OCO4)c2)c1CCC(=O)OCC. The number of ether oxygens (including phenoxy) is 6. The molecule has 0 N–H and O–H groups in total. The third-order valence-corrected chi connectivity index (χ3v) is 9.27. The number of unbranched alkanes of at least 4 members (excludes halogenated alkanes) is 3. The maximum Gasteiger partial charge on any atom is 0.365 e. The normalized spacial score (nSPS) is 11.7. The number of carbonyl (C=O) groups is 3. The number of carbonyl (C=O) groups excluding carboxylic acids is 3. The smallest absolute Gasteiger partial charge is 0.365 e. The first kappa shape index (κ1) is 43.4. The lowest BCUT2D eigenvalue weighted by molar-refractivity contribution is -0.261. The van der Waals surface area contributed by atoms with Crippen molar-refractivity contribution in [1.29, 1.82) is 0 Å². The minimum atomic E-state index is -3.21. The molecule has 4 aromatic carbocycles. The van der Waals surface area contributed by atoms with Gasteiger partial charge in [-0.2, -0.15) is 8.78 Å².